The Bertz CT molecular complexity index is 1190. The van der Waals surface area contributed by atoms with Gasteiger partial charge in [0.15, 0.2) is 5.82 Å². The van der Waals surface area contributed by atoms with E-state index in [2.05, 4.69) is 26.4 Å². The van der Waals surface area contributed by atoms with Gasteiger partial charge in [0.25, 0.3) is 5.89 Å². The molecule has 1 saturated carbocycles. The first kappa shape index (κ1) is 21.9. The number of piperidine rings is 1. The lowest BCUT2D eigenvalue weighted by atomic mass is 9.97. The number of rotatable bonds is 5. The van der Waals surface area contributed by atoms with Crippen molar-refractivity contribution < 1.29 is 13.7 Å². The van der Waals surface area contributed by atoms with E-state index in [1.54, 1.807) is 6.07 Å². The van der Waals surface area contributed by atoms with Gasteiger partial charge in [-0.15, -0.1) is 0 Å². The molecule has 1 aromatic carbocycles. The van der Waals surface area contributed by atoms with Crippen molar-refractivity contribution in [2.45, 2.75) is 70.4 Å². The van der Waals surface area contributed by atoms with E-state index in [9.17, 15) is 0 Å². The minimum absolute atomic E-state index is 0.245. The van der Waals surface area contributed by atoms with E-state index >= 15 is 4.39 Å². The van der Waals surface area contributed by atoms with Crippen molar-refractivity contribution >= 4 is 16.7 Å². The predicted octanol–water partition coefficient (Wildman–Crippen LogP) is 4.66. The molecule has 2 saturated heterocycles. The van der Waals surface area contributed by atoms with E-state index in [4.69, 9.17) is 14.2 Å². The zero-order chi connectivity index (χ0) is 23.2. The molecule has 8 heteroatoms. The molecule has 4 heterocycles. The minimum Gasteiger partial charge on any atom is -0.380 e. The summed E-state index contributed by atoms with van der Waals surface area (Å²) in [5.74, 6) is 2.00. The van der Waals surface area contributed by atoms with Gasteiger partial charge in [0.2, 0.25) is 0 Å². The fraction of sp³-hybridized carbons (Fsp3) is 0.577. The number of ether oxygens (including phenoxy) is 1. The molecule has 2 aromatic heterocycles. The second kappa shape index (κ2) is 8.89. The molecule has 0 spiro atoms. The van der Waals surface area contributed by atoms with Crippen LogP contribution in [0.5, 0.6) is 0 Å². The highest BCUT2D eigenvalue weighted by molar-refractivity contribution is 5.93. The average molecular weight is 466 g/mol. The van der Waals surface area contributed by atoms with Crippen LogP contribution in [0.25, 0.3) is 22.4 Å². The van der Waals surface area contributed by atoms with E-state index in [0.29, 0.717) is 35.2 Å². The van der Waals surface area contributed by atoms with Gasteiger partial charge in [-0.05, 0) is 81.5 Å². The van der Waals surface area contributed by atoms with Gasteiger partial charge in [-0.25, -0.2) is 9.37 Å². The number of hydrogen-bond donors (Lipinski definition) is 1. The molecule has 7 nitrogen and oxygen atoms in total. The average Bonchev–Trinajstić information content (AvgIpc) is 3.61. The fourth-order valence-electron chi connectivity index (χ4n) is 5.48. The fourth-order valence-corrected chi connectivity index (χ4v) is 5.48. The number of halogens is 1. The SMILES string of the molecule is Cc1noc(-c2c(N3CCC(NC4CCCOC4)CC3)nc3c(F)cc(C4CC4)cc3c2C)n1. The van der Waals surface area contributed by atoms with Gasteiger partial charge in [0, 0.05) is 37.2 Å². The topological polar surface area (TPSA) is 76.3 Å². The molecule has 1 aliphatic carbocycles. The Kier molecular flexibility index (Phi) is 5.73. The maximum absolute atomic E-state index is 15.3. The number of nitrogens with one attached hydrogen (secondary N) is 1. The molecule has 34 heavy (non-hydrogen) atoms. The van der Waals surface area contributed by atoms with Crippen molar-refractivity contribution in [2.24, 2.45) is 0 Å². The summed E-state index contributed by atoms with van der Waals surface area (Å²) in [5.41, 5.74) is 3.27. The number of fused-ring (bicyclic) bond motifs is 1. The largest absolute Gasteiger partial charge is 0.380 e. The molecule has 180 valence electrons. The molecular weight excluding hydrogens is 433 g/mol. The third-order valence-corrected chi connectivity index (χ3v) is 7.52. The standard InChI is InChI=1S/C26H32FN5O2/c1-15-21-12-18(17-5-6-17)13-22(27)24(21)30-25(23(15)26-28-16(2)31-34-26)32-9-7-19(8-10-32)29-20-4-3-11-33-14-20/h12-13,17,19-20,29H,3-11,14H2,1-2H3. The molecule has 3 fully saturated rings. The first-order valence-corrected chi connectivity index (χ1v) is 12.6. The lowest BCUT2D eigenvalue weighted by Crippen LogP contribution is -2.48. The number of hydrogen-bond acceptors (Lipinski definition) is 7. The number of benzene rings is 1. The molecular formula is C26H32FN5O2. The van der Waals surface area contributed by atoms with Crippen LogP contribution in [0.4, 0.5) is 10.2 Å². The first-order valence-electron chi connectivity index (χ1n) is 12.6. The molecule has 6 rings (SSSR count). The molecule has 3 aliphatic rings. The maximum atomic E-state index is 15.3. The van der Waals surface area contributed by atoms with Crippen LogP contribution >= 0.6 is 0 Å². The molecule has 3 aromatic rings. The van der Waals surface area contributed by atoms with Crippen LogP contribution < -0.4 is 10.2 Å². The molecule has 1 unspecified atom stereocenters. The summed E-state index contributed by atoms with van der Waals surface area (Å²) in [6, 6.07) is 4.68. The Labute approximate surface area is 199 Å². The predicted molar refractivity (Wildman–Crippen MR) is 129 cm³/mol. The minimum atomic E-state index is -0.245. The monoisotopic (exact) mass is 465 g/mol. The Morgan fingerprint density at radius 3 is 2.53 bits per heavy atom. The van der Waals surface area contributed by atoms with Gasteiger partial charge in [-0.1, -0.05) is 5.16 Å². The highest BCUT2D eigenvalue weighted by atomic mass is 19.1. The zero-order valence-electron chi connectivity index (χ0n) is 19.9. The molecule has 0 radical (unpaired) electrons. The number of aryl methyl sites for hydroxylation is 2. The van der Waals surface area contributed by atoms with E-state index in [1.807, 2.05) is 13.8 Å². The van der Waals surface area contributed by atoms with Gasteiger partial charge >= 0.3 is 0 Å². The highest BCUT2D eigenvalue weighted by Crippen LogP contribution is 2.43. The Balaban J connectivity index is 1.34. The lowest BCUT2D eigenvalue weighted by molar-refractivity contribution is 0.0650. The number of anilines is 1. The second-order valence-electron chi connectivity index (χ2n) is 10.1. The lowest BCUT2D eigenvalue weighted by Gasteiger charge is -2.36. The molecule has 0 amide bonds. The Morgan fingerprint density at radius 2 is 1.85 bits per heavy atom. The normalized spacial score (nSPS) is 22.0. The summed E-state index contributed by atoms with van der Waals surface area (Å²) in [6.07, 6.45) is 6.55. The van der Waals surface area contributed by atoms with Gasteiger partial charge in [0.1, 0.15) is 17.2 Å². The maximum Gasteiger partial charge on any atom is 0.261 e. The van der Waals surface area contributed by atoms with Crippen LogP contribution in [0, 0.1) is 19.7 Å². The van der Waals surface area contributed by atoms with Crippen molar-refractivity contribution in [3.8, 4) is 11.5 Å². The molecule has 1 N–H and O–H groups in total. The Hall–Kier alpha value is -2.58. The summed E-state index contributed by atoms with van der Waals surface area (Å²) in [4.78, 5) is 11.7. The number of aromatic nitrogens is 3. The van der Waals surface area contributed by atoms with Crippen LogP contribution in [0.1, 0.15) is 61.4 Å². The van der Waals surface area contributed by atoms with E-state index in [0.717, 1.165) is 86.3 Å². The van der Waals surface area contributed by atoms with Crippen LogP contribution in [-0.4, -0.2) is 53.5 Å². The van der Waals surface area contributed by atoms with Crippen molar-refractivity contribution in [3.63, 3.8) is 0 Å². The smallest absolute Gasteiger partial charge is 0.261 e. The van der Waals surface area contributed by atoms with Gasteiger partial charge in [0.05, 0.1) is 12.2 Å². The van der Waals surface area contributed by atoms with E-state index in [1.165, 1.54) is 6.42 Å². The summed E-state index contributed by atoms with van der Waals surface area (Å²) in [7, 11) is 0. The van der Waals surface area contributed by atoms with Crippen LogP contribution in [0.2, 0.25) is 0 Å². The van der Waals surface area contributed by atoms with Gasteiger partial charge in [-0.2, -0.15) is 4.98 Å². The van der Waals surface area contributed by atoms with Crippen LogP contribution in [-0.2, 0) is 4.74 Å². The van der Waals surface area contributed by atoms with Gasteiger partial charge < -0.3 is 19.5 Å². The molecule has 1 atom stereocenters. The van der Waals surface area contributed by atoms with Crippen molar-refractivity contribution in [3.05, 3.63) is 34.9 Å². The summed E-state index contributed by atoms with van der Waals surface area (Å²) < 4.78 is 26.5. The number of pyridine rings is 1. The second-order valence-corrected chi connectivity index (χ2v) is 10.1. The quantitative estimate of drug-likeness (QED) is 0.587. The van der Waals surface area contributed by atoms with Crippen molar-refractivity contribution in [1.29, 1.82) is 0 Å². The van der Waals surface area contributed by atoms with E-state index < -0.39 is 0 Å². The zero-order valence-corrected chi connectivity index (χ0v) is 19.9. The molecule has 0 bridgehead atoms. The van der Waals surface area contributed by atoms with E-state index in [-0.39, 0.29) is 5.82 Å². The van der Waals surface area contributed by atoms with Gasteiger partial charge in [-0.3, -0.25) is 0 Å². The third kappa shape index (κ3) is 4.18. The third-order valence-electron chi connectivity index (χ3n) is 7.52. The summed E-state index contributed by atoms with van der Waals surface area (Å²) >= 11 is 0. The van der Waals surface area contributed by atoms with Crippen molar-refractivity contribution in [2.75, 3.05) is 31.2 Å². The summed E-state index contributed by atoms with van der Waals surface area (Å²) in [6.45, 7) is 7.19. The first-order chi connectivity index (χ1) is 16.6. The Morgan fingerprint density at radius 1 is 1.03 bits per heavy atom. The molecule has 2 aliphatic heterocycles. The van der Waals surface area contributed by atoms with Crippen LogP contribution in [0.15, 0.2) is 16.7 Å². The number of nitrogens with zero attached hydrogens (tertiary/aromatic N) is 4. The van der Waals surface area contributed by atoms with Crippen LogP contribution in [0.3, 0.4) is 0 Å². The highest BCUT2D eigenvalue weighted by Gasteiger charge is 2.30. The summed E-state index contributed by atoms with van der Waals surface area (Å²) in [5, 5.41) is 8.64. The van der Waals surface area contributed by atoms with Crippen molar-refractivity contribution in [1.82, 2.24) is 20.4 Å².